The van der Waals surface area contributed by atoms with E-state index in [1.54, 1.807) is 49.4 Å². The van der Waals surface area contributed by atoms with Gasteiger partial charge in [-0.05, 0) is 67.6 Å². The highest BCUT2D eigenvalue weighted by Gasteiger charge is 2.23. The first-order valence-corrected chi connectivity index (χ1v) is 10.6. The number of benzene rings is 2. The summed E-state index contributed by atoms with van der Waals surface area (Å²) >= 11 is 0. The molecule has 3 N–H and O–H groups in total. The number of aromatic nitrogens is 2. The van der Waals surface area contributed by atoms with Crippen LogP contribution >= 0.6 is 0 Å². The molecule has 0 saturated heterocycles. The first-order chi connectivity index (χ1) is 16.9. The molecule has 4 rings (SSSR count). The number of anilines is 1. The normalized spacial score (nSPS) is 11.5. The molecule has 2 heterocycles. The van der Waals surface area contributed by atoms with Crippen molar-refractivity contribution in [1.82, 2.24) is 15.5 Å². The van der Waals surface area contributed by atoms with Crippen molar-refractivity contribution in [2.24, 2.45) is 0 Å². The maximum absolute atomic E-state index is 13.0. The van der Waals surface area contributed by atoms with Gasteiger partial charge in [-0.3, -0.25) is 9.59 Å². The van der Waals surface area contributed by atoms with Crippen LogP contribution in [0.3, 0.4) is 0 Å². The summed E-state index contributed by atoms with van der Waals surface area (Å²) < 4.78 is 23.6. The lowest BCUT2D eigenvalue weighted by Crippen LogP contribution is -2.46. The number of hydrogen-bond acceptors (Lipinski definition) is 7. The van der Waals surface area contributed by atoms with Gasteiger partial charge in [0.1, 0.15) is 34.9 Å². The third-order valence-electron chi connectivity index (χ3n) is 4.86. The van der Waals surface area contributed by atoms with Crippen LogP contribution in [-0.2, 0) is 4.79 Å². The molecule has 0 bridgehead atoms. The molecular formula is C25H21FN4O5. The number of halogens is 1. The number of nitrogens with one attached hydrogen (secondary N) is 2. The Hall–Kier alpha value is -4.57. The Morgan fingerprint density at radius 3 is 2.37 bits per heavy atom. The number of aryl methyl sites for hydroxylation is 1. The van der Waals surface area contributed by atoms with Crippen molar-refractivity contribution < 1.29 is 28.3 Å². The van der Waals surface area contributed by atoms with Gasteiger partial charge >= 0.3 is 0 Å². The van der Waals surface area contributed by atoms with Gasteiger partial charge in [-0.15, -0.1) is 0 Å². The molecule has 0 fully saturated rings. The number of rotatable bonds is 8. The molecule has 1 atom stereocenters. The van der Waals surface area contributed by atoms with E-state index in [-0.39, 0.29) is 17.3 Å². The third-order valence-corrected chi connectivity index (χ3v) is 4.86. The molecule has 178 valence electrons. The first kappa shape index (κ1) is 23.6. The van der Waals surface area contributed by atoms with E-state index in [0.717, 1.165) is 5.56 Å². The second kappa shape index (κ2) is 10.6. The standard InChI is InChI=1S/C25H21FN4O5/c1-15-13-21(30-35-15)24(32)28-22(14-31)25(33)29-23-4-2-3-20(27-23)16-5-9-18(10-6-16)34-19-11-7-17(26)8-12-19/h2-13,22,31H,14H2,1H3,(H,28,32)(H,27,29,33). The number of ether oxygens (including phenoxy) is 1. The fraction of sp³-hybridized carbons (Fsp3) is 0.120. The number of hydrogen-bond donors (Lipinski definition) is 3. The summed E-state index contributed by atoms with van der Waals surface area (Å²) in [5.41, 5.74) is 1.35. The predicted molar refractivity (Wildman–Crippen MR) is 124 cm³/mol. The Bertz CT molecular complexity index is 1320. The molecule has 2 aromatic carbocycles. The van der Waals surface area contributed by atoms with Gasteiger partial charge in [0.15, 0.2) is 5.69 Å². The number of amides is 2. The van der Waals surface area contributed by atoms with Crippen LogP contribution in [0, 0.1) is 12.7 Å². The van der Waals surface area contributed by atoms with E-state index < -0.39 is 24.5 Å². The summed E-state index contributed by atoms with van der Waals surface area (Å²) in [6, 6.07) is 18.1. The fourth-order valence-corrected chi connectivity index (χ4v) is 3.11. The number of aliphatic hydroxyl groups is 1. The summed E-state index contributed by atoms with van der Waals surface area (Å²) in [6.07, 6.45) is 0. The van der Waals surface area contributed by atoms with Crippen molar-refractivity contribution in [1.29, 1.82) is 0 Å². The zero-order chi connectivity index (χ0) is 24.8. The van der Waals surface area contributed by atoms with Crippen molar-refractivity contribution in [2.45, 2.75) is 13.0 Å². The molecule has 35 heavy (non-hydrogen) atoms. The van der Waals surface area contributed by atoms with Crippen LogP contribution in [0.5, 0.6) is 11.5 Å². The van der Waals surface area contributed by atoms with Crippen molar-refractivity contribution in [3.63, 3.8) is 0 Å². The van der Waals surface area contributed by atoms with Crippen LogP contribution in [-0.4, -0.2) is 39.7 Å². The zero-order valence-electron chi connectivity index (χ0n) is 18.6. The van der Waals surface area contributed by atoms with Gasteiger partial charge in [-0.1, -0.05) is 11.2 Å². The minimum Gasteiger partial charge on any atom is -0.457 e. The van der Waals surface area contributed by atoms with Gasteiger partial charge in [0, 0.05) is 11.6 Å². The fourth-order valence-electron chi connectivity index (χ4n) is 3.11. The summed E-state index contributed by atoms with van der Waals surface area (Å²) in [5.74, 6) is 0.109. The van der Waals surface area contributed by atoms with E-state index >= 15 is 0 Å². The van der Waals surface area contributed by atoms with Crippen LogP contribution in [0.2, 0.25) is 0 Å². The lowest BCUT2D eigenvalue weighted by atomic mass is 10.1. The molecule has 0 radical (unpaired) electrons. The Labute approximate surface area is 199 Å². The molecule has 0 spiro atoms. The minimum absolute atomic E-state index is 0.000673. The number of pyridine rings is 1. The quantitative estimate of drug-likeness (QED) is 0.354. The predicted octanol–water partition coefficient (Wildman–Crippen LogP) is 3.71. The topological polar surface area (TPSA) is 127 Å². The zero-order valence-corrected chi connectivity index (χ0v) is 18.6. The SMILES string of the molecule is Cc1cc(C(=O)NC(CO)C(=O)Nc2cccc(-c3ccc(Oc4ccc(F)cc4)cc3)n2)no1. The Kier molecular flexibility index (Phi) is 7.12. The highest BCUT2D eigenvalue weighted by atomic mass is 19.1. The summed E-state index contributed by atoms with van der Waals surface area (Å²) in [7, 11) is 0. The van der Waals surface area contributed by atoms with Gasteiger partial charge in [-0.2, -0.15) is 0 Å². The van der Waals surface area contributed by atoms with Crippen molar-refractivity contribution in [3.05, 3.63) is 90.1 Å². The highest BCUT2D eigenvalue weighted by molar-refractivity contribution is 6.00. The van der Waals surface area contributed by atoms with Gasteiger partial charge in [0.25, 0.3) is 11.8 Å². The number of nitrogens with zero attached hydrogens (tertiary/aromatic N) is 2. The average molecular weight is 476 g/mol. The van der Waals surface area contributed by atoms with Crippen LogP contribution < -0.4 is 15.4 Å². The molecule has 0 aliphatic rings. The Balaban J connectivity index is 1.41. The molecule has 2 aromatic heterocycles. The van der Waals surface area contributed by atoms with Gasteiger partial charge in [0.05, 0.1) is 12.3 Å². The number of carbonyl (C=O) groups is 2. The largest absolute Gasteiger partial charge is 0.457 e. The van der Waals surface area contributed by atoms with E-state index in [1.165, 1.54) is 30.3 Å². The summed E-state index contributed by atoms with van der Waals surface area (Å²) in [5, 5.41) is 18.2. The van der Waals surface area contributed by atoms with E-state index in [9.17, 15) is 19.1 Å². The third kappa shape index (κ3) is 6.06. The average Bonchev–Trinajstić information content (AvgIpc) is 3.31. The van der Waals surface area contributed by atoms with Gasteiger partial charge < -0.3 is 25.0 Å². The molecule has 1 unspecified atom stereocenters. The smallest absolute Gasteiger partial charge is 0.274 e. The van der Waals surface area contributed by atoms with Crippen molar-refractivity contribution in [2.75, 3.05) is 11.9 Å². The van der Waals surface area contributed by atoms with E-state index in [4.69, 9.17) is 9.26 Å². The maximum Gasteiger partial charge on any atom is 0.274 e. The summed E-state index contributed by atoms with van der Waals surface area (Å²) in [6.45, 7) is 1.01. The molecule has 2 amide bonds. The molecule has 4 aromatic rings. The summed E-state index contributed by atoms with van der Waals surface area (Å²) in [4.78, 5) is 29.2. The number of carbonyl (C=O) groups excluding carboxylic acids is 2. The van der Waals surface area contributed by atoms with E-state index in [0.29, 0.717) is 23.0 Å². The van der Waals surface area contributed by atoms with Crippen LogP contribution in [0.1, 0.15) is 16.2 Å². The Morgan fingerprint density at radius 1 is 1.06 bits per heavy atom. The lowest BCUT2D eigenvalue weighted by Gasteiger charge is -2.15. The first-order valence-electron chi connectivity index (χ1n) is 10.6. The minimum atomic E-state index is -1.21. The maximum atomic E-state index is 13.0. The van der Waals surface area contributed by atoms with E-state index in [2.05, 4.69) is 20.8 Å². The molecule has 0 aliphatic heterocycles. The second-order valence-corrected chi connectivity index (χ2v) is 7.51. The van der Waals surface area contributed by atoms with Crippen LogP contribution in [0.15, 0.2) is 77.3 Å². The second-order valence-electron chi connectivity index (χ2n) is 7.51. The molecule has 0 aliphatic carbocycles. The number of aliphatic hydroxyl groups excluding tert-OH is 1. The van der Waals surface area contributed by atoms with Crippen LogP contribution in [0.25, 0.3) is 11.3 Å². The van der Waals surface area contributed by atoms with Crippen molar-refractivity contribution >= 4 is 17.6 Å². The lowest BCUT2D eigenvalue weighted by molar-refractivity contribution is -0.118. The molecular weight excluding hydrogens is 455 g/mol. The molecule has 9 nitrogen and oxygen atoms in total. The van der Waals surface area contributed by atoms with Crippen LogP contribution in [0.4, 0.5) is 10.2 Å². The monoisotopic (exact) mass is 476 g/mol. The van der Waals surface area contributed by atoms with Gasteiger partial charge in [-0.25, -0.2) is 9.37 Å². The molecule has 10 heteroatoms. The molecule has 0 saturated carbocycles. The van der Waals surface area contributed by atoms with E-state index in [1.807, 2.05) is 0 Å². The van der Waals surface area contributed by atoms with Crippen molar-refractivity contribution in [3.8, 4) is 22.8 Å². The highest BCUT2D eigenvalue weighted by Crippen LogP contribution is 2.25. The van der Waals surface area contributed by atoms with Gasteiger partial charge in [0.2, 0.25) is 0 Å². The Morgan fingerprint density at radius 2 is 1.74 bits per heavy atom.